The van der Waals surface area contributed by atoms with Crippen molar-refractivity contribution >= 4 is 21.6 Å². The molecule has 0 aliphatic carbocycles. The lowest BCUT2D eigenvalue weighted by molar-refractivity contribution is -0.120. The summed E-state index contributed by atoms with van der Waals surface area (Å²) in [6.07, 6.45) is 1.28. The first-order valence-corrected chi connectivity index (χ1v) is 12.2. The molecule has 0 radical (unpaired) electrons. The van der Waals surface area contributed by atoms with Gasteiger partial charge in [0.05, 0.1) is 5.92 Å². The average Bonchev–Trinajstić information content (AvgIpc) is 3.11. The number of aromatic nitrogens is 1. The SMILES string of the molecule is CCN(CC)Cc1cccc(NC(=O)C2CCCN(S(=O)(=O)c3c(C)noc3C)C2)c1. The van der Waals surface area contributed by atoms with Crippen LogP contribution in [0, 0.1) is 19.8 Å². The van der Waals surface area contributed by atoms with E-state index in [2.05, 4.69) is 29.2 Å². The number of carbonyl (C=O) groups is 1. The largest absolute Gasteiger partial charge is 0.360 e. The first-order chi connectivity index (χ1) is 14.8. The number of hydrogen-bond acceptors (Lipinski definition) is 6. The highest BCUT2D eigenvalue weighted by Crippen LogP contribution is 2.28. The quantitative estimate of drug-likeness (QED) is 0.666. The van der Waals surface area contributed by atoms with Gasteiger partial charge in [-0.05, 0) is 57.5 Å². The van der Waals surface area contributed by atoms with Crippen molar-refractivity contribution in [2.45, 2.75) is 52.0 Å². The number of nitrogens with zero attached hydrogens (tertiary/aromatic N) is 3. The summed E-state index contributed by atoms with van der Waals surface area (Å²) < 4.78 is 32.6. The van der Waals surface area contributed by atoms with Crippen LogP contribution in [0.4, 0.5) is 5.69 Å². The Labute approximate surface area is 184 Å². The van der Waals surface area contributed by atoms with Crippen molar-refractivity contribution in [3.05, 3.63) is 41.3 Å². The van der Waals surface area contributed by atoms with Crippen molar-refractivity contribution in [3.8, 4) is 0 Å². The Bertz CT molecular complexity index is 995. The molecule has 2 heterocycles. The fourth-order valence-electron chi connectivity index (χ4n) is 4.04. The normalized spacial score (nSPS) is 17.8. The standard InChI is InChI=1S/C22H32N4O4S/c1-5-25(6-2)14-18-9-7-11-20(13-18)23-22(27)19-10-8-12-26(15-19)31(28,29)21-16(3)24-30-17(21)4/h7,9,11,13,19H,5-6,8,10,12,14-15H2,1-4H3,(H,23,27). The van der Waals surface area contributed by atoms with Gasteiger partial charge in [-0.3, -0.25) is 9.69 Å². The molecule has 3 rings (SSSR count). The summed E-state index contributed by atoms with van der Waals surface area (Å²) in [5, 5.41) is 6.75. The number of aryl methyl sites for hydroxylation is 2. The Morgan fingerprint density at radius 1 is 1.29 bits per heavy atom. The van der Waals surface area contributed by atoms with E-state index in [0.717, 1.165) is 30.9 Å². The zero-order chi connectivity index (χ0) is 22.6. The van der Waals surface area contributed by atoms with Gasteiger partial charge in [0.1, 0.15) is 10.6 Å². The van der Waals surface area contributed by atoms with Crippen molar-refractivity contribution in [2.24, 2.45) is 5.92 Å². The smallest absolute Gasteiger partial charge is 0.248 e. The summed E-state index contributed by atoms with van der Waals surface area (Å²) in [4.78, 5) is 15.3. The Balaban J connectivity index is 1.69. The van der Waals surface area contributed by atoms with E-state index in [9.17, 15) is 13.2 Å². The Morgan fingerprint density at radius 2 is 2.03 bits per heavy atom. The average molecular weight is 449 g/mol. The van der Waals surface area contributed by atoms with E-state index in [-0.39, 0.29) is 23.1 Å². The minimum absolute atomic E-state index is 0.109. The third-order valence-corrected chi connectivity index (χ3v) is 7.93. The fraction of sp³-hybridized carbons (Fsp3) is 0.545. The van der Waals surface area contributed by atoms with Gasteiger partial charge in [-0.25, -0.2) is 8.42 Å². The number of benzene rings is 1. The molecule has 9 heteroatoms. The molecule has 1 saturated heterocycles. The number of hydrogen-bond donors (Lipinski definition) is 1. The molecule has 2 aromatic rings. The van der Waals surface area contributed by atoms with Crippen molar-refractivity contribution in [1.29, 1.82) is 0 Å². The molecule has 1 aromatic carbocycles. The number of piperidine rings is 1. The predicted octanol–water partition coefficient (Wildman–Crippen LogP) is 3.17. The number of sulfonamides is 1. The molecule has 1 aromatic heterocycles. The molecule has 1 N–H and O–H groups in total. The van der Waals surface area contributed by atoms with Crippen LogP contribution in [-0.4, -0.2) is 54.9 Å². The second-order valence-corrected chi connectivity index (χ2v) is 9.88. The molecular formula is C22H32N4O4S. The first-order valence-electron chi connectivity index (χ1n) is 10.8. The second kappa shape index (κ2) is 9.93. The minimum Gasteiger partial charge on any atom is -0.360 e. The Morgan fingerprint density at radius 3 is 2.68 bits per heavy atom. The molecular weight excluding hydrogens is 416 g/mol. The molecule has 8 nitrogen and oxygen atoms in total. The van der Waals surface area contributed by atoms with E-state index in [1.165, 1.54) is 4.31 Å². The lowest BCUT2D eigenvalue weighted by Gasteiger charge is -2.31. The highest BCUT2D eigenvalue weighted by atomic mass is 32.2. The number of amides is 1. The van der Waals surface area contributed by atoms with Crippen LogP contribution < -0.4 is 5.32 Å². The van der Waals surface area contributed by atoms with E-state index < -0.39 is 15.9 Å². The van der Waals surface area contributed by atoms with Gasteiger partial charge in [-0.2, -0.15) is 4.31 Å². The molecule has 1 unspecified atom stereocenters. The van der Waals surface area contributed by atoms with Gasteiger partial charge in [0.25, 0.3) is 0 Å². The second-order valence-electron chi connectivity index (χ2n) is 8.01. The van der Waals surface area contributed by atoms with Crippen LogP contribution in [0.25, 0.3) is 0 Å². The maximum absolute atomic E-state index is 13.1. The van der Waals surface area contributed by atoms with Crippen LogP contribution >= 0.6 is 0 Å². The molecule has 31 heavy (non-hydrogen) atoms. The summed E-state index contributed by atoms with van der Waals surface area (Å²) in [6, 6.07) is 7.83. The topological polar surface area (TPSA) is 95.8 Å². The highest BCUT2D eigenvalue weighted by Gasteiger charge is 2.36. The van der Waals surface area contributed by atoms with Gasteiger partial charge in [-0.1, -0.05) is 31.1 Å². The van der Waals surface area contributed by atoms with Gasteiger partial charge < -0.3 is 9.84 Å². The lowest BCUT2D eigenvalue weighted by Crippen LogP contribution is -2.43. The van der Waals surface area contributed by atoms with Crippen molar-refractivity contribution in [3.63, 3.8) is 0 Å². The molecule has 0 spiro atoms. The summed E-state index contributed by atoms with van der Waals surface area (Å²) in [6.45, 7) is 10.7. The van der Waals surface area contributed by atoms with Crippen molar-refractivity contribution in [1.82, 2.24) is 14.4 Å². The van der Waals surface area contributed by atoms with E-state index in [1.807, 2.05) is 24.3 Å². The first kappa shape index (κ1) is 23.4. The molecule has 1 fully saturated rings. The molecule has 170 valence electrons. The van der Waals surface area contributed by atoms with E-state index in [1.54, 1.807) is 13.8 Å². The van der Waals surface area contributed by atoms with Crippen LogP contribution in [-0.2, 0) is 21.4 Å². The number of nitrogens with one attached hydrogen (secondary N) is 1. The fourth-order valence-corrected chi connectivity index (χ4v) is 5.86. The van der Waals surface area contributed by atoms with Crippen LogP contribution in [0.1, 0.15) is 43.7 Å². The Hall–Kier alpha value is -2.23. The molecule has 1 aliphatic rings. The summed E-state index contributed by atoms with van der Waals surface area (Å²) in [5.74, 6) is -0.289. The van der Waals surface area contributed by atoms with Gasteiger partial charge in [0.2, 0.25) is 15.9 Å². The van der Waals surface area contributed by atoms with Crippen LogP contribution in [0.3, 0.4) is 0 Å². The monoisotopic (exact) mass is 448 g/mol. The maximum atomic E-state index is 13.1. The van der Waals surface area contributed by atoms with Gasteiger partial charge in [-0.15, -0.1) is 0 Å². The summed E-state index contributed by atoms with van der Waals surface area (Å²) in [5.41, 5.74) is 2.21. The zero-order valence-corrected chi connectivity index (χ0v) is 19.5. The van der Waals surface area contributed by atoms with Gasteiger partial charge >= 0.3 is 0 Å². The predicted molar refractivity (Wildman–Crippen MR) is 119 cm³/mol. The molecule has 1 atom stereocenters. The Kier molecular flexibility index (Phi) is 7.51. The van der Waals surface area contributed by atoms with Crippen LogP contribution in [0.5, 0.6) is 0 Å². The highest BCUT2D eigenvalue weighted by molar-refractivity contribution is 7.89. The lowest BCUT2D eigenvalue weighted by atomic mass is 9.98. The molecule has 1 amide bonds. The van der Waals surface area contributed by atoms with E-state index >= 15 is 0 Å². The number of anilines is 1. The van der Waals surface area contributed by atoms with E-state index in [0.29, 0.717) is 25.1 Å². The van der Waals surface area contributed by atoms with Crippen LogP contribution in [0.15, 0.2) is 33.7 Å². The summed E-state index contributed by atoms with van der Waals surface area (Å²) in [7, 11) is -3.75. The minimum atomic E-state index is -3.75. The zero-order valence-electron chi connectivity index (χ0n) is 18.7. The summed E-state index contributed by atoms with van der Waals surface area (Å²) >= 11 is 0. The number of rotatable bonds is 8. The third kappa shape index (κ3) is 5.34. The van der Waals surface area contributed by atoms with E-state index in [4.69, 9.17) is 4.52 Å². The van der Waals surface area contributed by atoms with Gasteiger partial charge in [0.15, 0.2) is 5.76 Å². The third-order valence-electron chi connectivity index (χ3n) is 5.82. The van der Waals surface area contributed by atoms with Crippen LogP contribution in [0.2, 0.25) is 0 Å². The van der Waals surface area contributed by atoms with Crippen molar-refractivity contribution < 1.29 is 17.7 Å². The molecule has 0 bridgehead atoms. The van der Waals surface area contributed by atoms with Gasteiger partial charge in [0, 0.05) is 25.3 Å². The molecule has 0 saturated carbocycles. The molecule has 1 aliphatic heterocycles. The maximum Gasteiger partial charge on any atom is 0.248 e. The number of carbonyl (C=O) groups excluding carboxylic acids is 1. The van der Waals surface area contributed by atoms with Crippen molar-refractivity contribution in [2.75, 3.05) is 31.5 Å².